The van der Waals surface area contributed by atoms with E-state index in [1.807, 2.05) is 0 Å². The first-order chi connectivity index (χ1) is 8.60. The summed E-state index contributed by atoms with van der Waals surface area (Å²) in [5, 5.41) is 3.97. The second kappa shape index (κ2) is 5.30. The summed E-state index contributed by atoms with van der Waals surface area (Å²) < 4.78 is 20.4. The highest BCUT2D eigenvalue weighted by Gasteiger charge is 2.14. The van der Waals surface area contributed by atoms with Crippen molar-refractivity contribution in [2.24, 2.45) is 0 Å². The van der Waals surface area contributed by atoms with Crippen molar-refractivity contribution in [2.75, 3.05) is 7.11 Å². The standard InChI is InChI=1S/C12H10BrFN2O2/c1-18-12-3-2-9(14)4-10(12)11(17)7-16-6-8(13)5-15-16/h2-6H,7H2,1H3. The van der Waals surface area contributed by atoms with E-state index in [0.29, 0.717) is 5.75 Å². The summed E-state index contributed by atoms with van der Waals surface area (Å²) >= 11 is 3.24. The molecule has 2 aromatic rings. The van der Waals surface area contributed by atoms with Crippen LogP contribution in [0.25, 0.3) is 0 Å². The van der Waals surface area contributed by atoms with Crippen LogP contribution in [-0.4, -0.2) is 22.7 Å². The lowest BCUT2D eigenvalue weighted by atomic mass is 10.1. The van der Waals surface area contributed by atoms with Crippen LogP contribution in [0.4, 0.5) is 4.39 Å². The van der Waals surface area contributed by atoms with Crippen LogP contribution in [-0.2, 0) is 6.54 Å². The zero-order chi connectivity index (χ0) is 13.1. The molecule has 0 saturated heterocycles. The Hall–Kier alpha value is -1.69. The Labute approximate surface area is 111 Å². The van der Waals surface area contributed by atoms with Crippen molar-refractivity contribution in [3.8, 4) is 5.75 Å². The molecule has 2 rings (SSSR count). The summed E-state index contributed by atoms with van der Waals surface area (Å²) in [6, 6.07) is 3.85. The van der Waals surface area contributed by atoms with Gasteiger partial charge in [0.05, 0.1) is 23.3 Å². The number of rotatable bonds is 4. The Morgan fingerprint density at radius 3 is 2.94 bits per heavy atom. The minimum Gasteiger partial charge on any atom is -0.496 e. The first-order valence-electron chi connectivity index (χ1n) is 5.15. The highest BCUT2D eigenvalue weighted by atomic mass is 79.9. The summed E-state index contributed by atoms with van der Waals surface area (Å²) in [4.78, 5) is 12.0. The molecule has 1 aromatic carbocycles. The highest BCUT2D eigenvalue weighted by Crippen LogP contribution is 2.20. The molecular formula is C12H10BrFN2O2. The van der Waals surface area contributed by atoms with Crippen molar-refractivity contribution in [1.82, 2.24) is 9.78 Å². The maximum absolute atomic E-state index is 13.1. The van der Waals surface area contributed by atoms with Gasteiger partial charge in [-0.3, -0.25) is 9.48 Å². The molecule has 18 heavy (non-hydrogen) atoms. The number of methoxy groups -OCH3 is 1. The second-order valence-electron chi connectivity index (χ2n) is 3.62. The first-order valence-corrected chi connectivity index (χ1v) is 5.94. The molecule has 0 atom stereocenters. The predicted molar refractivity (Wildman–Crippen MR) is 67.2 cm³/mol. The van der Waals surface area contributed by atoms with Gasteiger partial charge in [-0.2, -0.15) is 5.10 Å². The van der Waals surface area contributed by atoms with Crippen LogP contribution in [0.2, 0.25) is 0 Å². The van der Waals surface area contributed by atoms with Crippen LogP contribution < -0.4 is 4.74 Å². The number of halogens is 2. The van der Waals surface area contributed by atoms with E-state index in [2.05, 4.69) is 21.0 Å². The molecule has 1 heterocycles. The molecule has 0 bridgehead atoms. The number of ether oxygens (including phenoxy) is 1. The third-order valence-corrected chi connectivity index (χ3v) is 2.78. The van der Waals surface area contributed by atoms with E-state index in [0.717, 1.165) is 4.47 Å². The number of nitrogens with zero attached hydrogens (tertiary/aromatic N) is 2. The van der Waals surface area contributed by atoms with E-state index in [1.54, 1.807) is 12.4 Å². The number of carbonyl (C=O) groups excluding carboxylic acids is 1. The van der Waals surface area contributed by atoms with Crippen molar-refractivity contribution in [3.05, 3.63) is 46.4 Å². The minimum absolute atomic E-state index is 0.0331. The van der Waals surface area contributed by atoms with E-state index in [-0.39, 0.29) is 17.9 Å². The zero-order valence-electron chi connectivity index (χ0n) is 9.56. The maximum atomic E-state index is 13.1. The first kappa shape index (κ1) is 12.8. The molecule has 0 N–H and O–H groups in total. The van der Waals surface area contributed by atoms with Gasteiger partial charge in [0.25, 0.3) is 0 Å². The molecule has 1 aromatic heterocycles. The summed E-state index contributed by atoms with van der Waals surface area (Å²) in [7, 11) is 1.44. The van der Waals surface area contributed by atoms with Gasteiger partial charge in [-0.05, 0) is 34.1 Å². The average Bonchev–Trinajstić information content (AvgIpc) is 2.74. The quantitative estimate of drug-likeness (QED) is 0.815. The van der Waals surface area contributed by atoms with Gasteiger partial charge in [-0.15, -0.1) is 0 Å². The molecule has 0 radical (unpaired) electrons. The fraction of sp³-hybridized carbons (Fsp3) is 0.167. The largest absolute Gasteiger partial charge is 0.496 e. The smallest absolute Gasteiger partial charge is 0.188 e. The molecule has 0 aliphatic heterocycles. The molecule has 0 spiro atoms. The van der Waals surface area contributed by atoms with Crippen LogP contribution >= 0.6 is 15.9 Å². The molecule has 0 saturated carbocycles. The van der Waals surface area contributed by atoms with E-state index >= 15 is 0 Å². The number of hydrogen-bond donors (Lipinski definition) is 0. The monoisotopic (exact) mass is 312 g/mol. The van der Waals surface area contributed by atoms with E-state index < -0.39 is 5.82 Å². The zero-order valence-corrected chi connectivity index (χ0v) is 11.1. The predicted octanol–water partition coefficient (Wildman–Crippen LogP) is 2.68. The van der Waals surface area contributed by atoms with Gasteiger partial charge >= 0.3 is 0 Å². The lowest BCUT2D eigenvalue weighted by molar-refractivity contribution is 0.0964. The Morgan fingerprint density at radius 1 is 1.56 bits per heavy atom. The number of benzene rings is 1. The number of hydrogen-bond acceptors (Lipinski definition) is 3. The number of Topliss-reactive ketones (excluding diaryl/α,β-unsaturated/α-hetero) is 1. The van der Waals surface area contributed by atoms with Crippen LogP contribution in [0.1, 0.15) is 10.4 Å². The summed E-state index contributed by atoms with van der Waals surface area (Å²) in [6.45, 7) is 0.0331. The molecule has 94 valence electrons. The molecule has 0 aliphatic carbocycles. The molecule has 0 amide bonds. The molecule has 0 unspecified atom stereocenters. The molecular weight excluding hydrogens is 303 g/mol. The maximum Gasteiger partial charge on any atom is 0.188 e. The summed E-state index contributed by atoms with van der Waals surface area (Å²) in [5.41, 5.74) is 0.212. The van der Waals surface area contributed by atoms with Crippen molar-refractivity contribution in [3.63, 3.8) is 0 Å². The third-order valence-electron chi connectivity index (χ3n) is 2.37. The van der Waals surface area contributed by atoms with Crippen LogP contribution in [0.15, 0.2) is 35.1 Å². The van der Waals surface area contributed by atoms with Gasteiger partial charge in [-0.1, -0.05) is 0 Å². The average molecular weight is 313 g/mol. The van der Waals surface area contributed by atoms with E-state index in [9.17, 15) is 9.18 Å². The number of aromatic nitrogens is 2. The molecule has 0 fully saturated rings. The van der Waals surface area contributed by atoms with Crippen molar-refractivity contribution in [2.45, 2.75) is 6.54 Å². The Balaban J connectivity index is 2.25. The van der Waals surface area contributed by atoms with Gasteiger partial charge in [-0.25, -0.2) is 4.39 Å². The van der Waals surface area contributed by atoms with Crippen molar-refractivity contribution >= 4 is 21.7 Å². The number of carbonyl (C=O) groups is 1. The van der Waals surface area contributed by atoms with Crippen LogP contribution in [0.5, 0.6) is 5.75 Å². The van der Waals surface area contributed by atoms with Crippen LogP contribution in [0, 0.1) is 5.82 Å². The molecule has 6 heteroatoms. The van der Waals surface area contributed by atoms with Gasteiger partial charge in [0.2, 0.25) is 0 Å². The Morgan fingerprint density at radius 2 is 2.33 bits per heavy atom. The minimum atomic E-state index is -0.471. The van der Waals surface area contributed by atoms with Crippen molar-refractivity contribution < 1.29 is 13.9 Å². The van der Waals surface area contributed by atoms with Gasteiger partial charge in [0, 0.05) is 6.20 Å². The lowest BCUT2D eigenvalue weighted by Crippen LogP contribution is -2.12. The van der Waals surface area contributed by atoms with Gasteiger partial charge < -0.3 is 4.74 Å². The SMILES string of the molecule is COc1ccc(F)cc1C(=O)Cn1cc(Br)cn1. The van der Waals surface area contributed by atoms with E-state index in [1.165, 1.54) is 30.0 Å². The third kappa shape index (κ3) is 2.76. The lowest BCUT2D eigenvalue weighted by Gasteiger charge is -2.07. The normalized spacial score (nSPS) is 10.4. The Bertz CT molecular complexity index is 583. The summed E-state index contributed by atoms with van der Waals surface area (Å²) in [5.74, 6) is -0.379. The van der Waals surface area contributed by atoms with Gasteiger partial charge in [0.15, 0.2) is 5.78 Å². The fourth-order valence-corrected chi connectivity index (χ4v) is 1.88. The van der Waals surface area contributed by atoms with E-state index in [4.69, 9.17) is 4.74 Å². The van der Waals surface area contributed by atoms with Crippen LogP contribution in [0.3, 0.4) is 0 Å². The molecule has 4 nitrogen and oxygen atoms in total. The molecule has 0 aliphatic rings. The van der Waals surface area contributed by atoms with Gasteiger partial charge in [0.1, 0.15) is 18.1 Å². The highest BCUT2D eigenvalue weighted by molar-refractivity contribution is 9.10. The fourth-order valence-electron chi connectivity index (χ4n) is 1.56. The number of ketones is 1. The second-order valence-corrected chi connectivity index (χ2v) is 4.54. The van der Waals surface area contributed by atoms with Crippen molar-refractivity contribution in [1.29, 1.82) is 0 Å². The summed E-state index contributed by atoms with van der Waals surface area (Å²) in [6.07, 6.45) is 3.25. The topological polar surface area (TPSA) is 44.1 Å². The Kier molecular flexibility index (Phi) is 3.76.